The van der Waals surface area contributed by atoms with Crippen LogP contribution in [0, 0.1) is 0 Å². The molecule has 12 heteroatoms. The SMILES string of the molecule is CC(C)(C)N(CCNCc1cc(Nc2nc3cccnc3s2)nc(NC2CCC(O)CC2)n1)C(=O)O. The van der Waals surface area contributed by atoms with E-state index < -0.39 is 11.6 Å². The molecule has 1 amide bonds. The van der Waals surface area contributed by atoms with Crippen LogP contribution in [0.5, 0.6) is 0 Å². The van der Waals surface area contributed by atoms with E-state index in [4.69, 9.17) is 0 Å². The Morgan fingerprint density at radius 1 is 1.19 bits per heavy atom. The van der Waals surface area contributed by atoms with Crippen LogP contribution < -0.4 is 16.0 Å². The topological polar surface area (TPSA) is 148 Å². The zero-order valence-corrected chi connectivity index (χ0v) is 21.7. The van der Waals surface area contributed by atoms with Crippen LogP contribution in [0.1, 0.15) is 52.1 Å². The van der Waals surface area contributed by atoms with Crippen LogP contribution in [0.3, 0.4) is 0 Å². The molecule has 3 heterocycles. The lowest BCUT2D eigenvalue weighted by Crippen LogP contribution is -2.47. The quantitative estimate of drug-likeness (QED) is 0.267. The van der Waals surface area contributed by atoms with Crippen molar-refractivity contribution >= 4 is 44.7 Å². The number of hydrogen-bond acceptors (Lipinski definition) is 10. The third kappa shape index (κ3) is 6.99. The van der Waals surface area contributed by atoms with E-state index >= 15 is 0 Å². The van der Waals surface area contributed by atoms with Gasteiger partial charge in [0.1, 0.15) is 16.2 Å². The number of nitrogens with one attached hydrogen (secondary N) is 3. The Kier molecular flexibility index (Phi) is 8.17. The summed E-state index contributed by atoms with van der Waals surface area (Å²) in [5.74, 6) is 1.13. The third-order valence-corrected chi connectivity index (χ3v) is 6.96. The van der Waals surface area contributed by atoms with Crippen LogP contribution in [-0.2, 0) is 6.54 Å². The lowest BCUT2D eigenvalue weighted by Gasteiger charge is -2.33. The molecule has 36 heavy (non-hydrogen) atoms. The minimum Gasteiger partial charge on any atom is -0.465 e. The molecule has 4 rings (SSSR count). The fourth-order valence-electron chi connectivity index (χ4n) is 4.18. The van der Waals surface area contributed by atoms with Gasteiger partial charge in [-0.05, 0) is 58.6 Å². The molecule has 3 aromatic rings. The molecule has 0 spiro atoms. The number of aliphatic hydroxyl groups excluding tert-OH is 1. The molecule has 0 saturated heterocycles. The van der Waals surface area contributed by atoms with Crippen LogP contribution >= 0.6 is 11.3 Å². The van der Waals surface area contributed by atoms with Crippen molar-refractivity contribution in [3.8, 4) is 0 Å². The standard InChI is InChI=1S/C24H34N8O3S/c1-24(2,3)32(23(34)35)12-11-25-14-16-13-19(31-22-29-18-5-4-10-26-20(18)36-22)30-21(28-16)27-15-6-8-17(33)9-7-15/h4-5,10,13,15,17,25,33H,6-9,11-12,14H2,1-3H3,(H,34,35)(H2,27,28,29,30,31). The van der Waals surface area contributed by atoms with Crippen molar-refractivity contribution in [3.05, 3.63) is 30.1 Å². The van der Waals surface area contributed by atoms with Crippen molar-refractivity contribution in [3.63, 3.8) is 0 Å². The lowest BCUT2D eigenvalue weighted by atomic mass is 9.93. The van der Waals surface area contributed by atoms with Gasteiger partial charge in [0, 0.05) is 43.5 Å². The van der Waals surface area contributed by atoms with Gasteiger partial charge >= 0.3 is 6.09 Å². The molecular formula is C24H34N8O3S. The first kappa shape index (κ1) is 26.0. The highest BCUT2D eigenvalue weighted by Crippen LogP contribution is 2.27. The van der Waals surface area contributed by atoms with Gasteiger partial charge in [-0.3, -0.25) is 0 Å². The zero-order valence-electron chi connectivity index (χ0n) is 20.9. The summed E-state index contributed by atoms with van der Waals surface area (Å²) in [6.07, 6.45) is 3.81. The van der Waals surface area contributed by atoms with E-state index in [9.17, 15) is 15.0 Å². The first-order valence-corrected chi connectivity index (χ1v) is 13.0. The van der Waals surface area contributed by atoms with Crippen LogP contribution in [0.4, 0.5) is 21.7 Å². The maximum absolute atomic E-state index is 11.6. The average molecular weight is 515 g/mol. The van der Waals surface area contributed by atoms with Crippen molar-refractivity contribution in [1.82, 2.24) is 30.2 Å². The molecule has 0 radical (unpaired) electrons. The van der Waals surface area contributed by atoms with E-state index in [2.05, 4.69) is 35.9 Å². The Bertz CT molecular complexity index is 1140. The zero-order chi connectivity index (χ0) is 25.7. The van der Waals surface area contributed by atoms with Crippen LogP contribution in [0.2, 0.25) is 0 Å². The van der Waals surface area contributed by atoms with Gasteiger partial charge in [-0.2, -0.15) is 4.98 Å². The minimum absolute atomic E-state index is 0.201. The number of nitrogens with zero attached hydrogens (tertiary/aromatic N) is 5. The second-order valence-electron chi connectivity index (χ2n) is 9.97. The van der Waals surface area contributed by atoms with Crippen molar-refractivity contribution < 1.29 is 15.0 Å². The number of carbonyl (C=O) groups is 1. The fraction of sp³-hybridized carbons (Fsp3) is 0.542. The van der Waals surface area contributed by atoms with E-state index in [0.29, 0.717) is 36.5 Å². The van der Waals surface area contributed by atoms with Gasteiger partial charge in [0.05, 0.1) is 11.8 Å². The van der Waals surface area contributed by atoms with Gasteiger partial charge in [-0.25, -0.2) is 19.7 Å². The smallest absolute Gasteiger partial charge is 0.407 e. The number of pyridine rings is 1. The fourth-order valence-corrected chi connectivity index (χ4v) is 4.99. The minimum atomic E-state index is -0.938. The molecule has 1 aliphatic carbocycles. The van der Waals surface area contributed by atoms with E-state index in [-0.39, 0.29) is 12.1 Å². The number of rotatable bonds is 9. The molecule has 5 N–H and O–H groups in total. The summed E-state index contributed by atoms with van der Waals surface area (Å²) in [6, 6.07) is 5.84. The van der Waals surface area contributed by atoms with Gasteiger partial charge < -0.3 is 31.1 Å². The first-order chi connectivity index (χ1) is 17.2. The van der Waals surface area contributed by atoms with E-state index in [0.717, 1.165) is 41.7 Å². The summed E-state index contributed by atoms with van der Waals surface area (Å²) >= 11 is 1.45. The van der Waals surface area contributed by atoms with E-state index in [1.807, 2.05) is 39.0 Å². The summed E-state index contributed by atoms with van der Waals surface area (Å²) < 4.78 is 0. The van der Waals surface area contributed by atoms with Gasteiger partial charge in [-0.1, -0.05) is 11.3 Å². The molecular weight excluding hydrogens is 480 g/mol. The number of anilines is 3. The van der Waals surface area contributed by atoms with Gasteiger partial charge in [0.2, 0.25) is 5.95 Å². The summed E-state index contributed by atoms with van der Waals surface area (Å²) in [6.45, 7) is 6.94. The molecule has 0 aromatic carbocycles. The Morgan fingerprint density at radius 2 is 1.97 bits per heavy atom. The summed E-state index contributed by atoms with van der Waals surface area (Å²) in [5, 5.41) is 30.0. The highest BCUT2D eigenvalue weighted by molar-refractivity contribution is 7.21. The Morgan fingerprint density at radius 3 is 2.67 bits per heavy atom. The van der Waals surface area contributed by atoms with Crippen LogP contribution in [0.25, 0.3) is 10.3 Å². The van der Waals surface area contributed by atoms with E-state index in [1.54, 1.807) is 6.20 Å². The molecule has 1 aliphatic rings. The molecule has 0 atom stereocenters. The maximum atomic E-state index is 11.6. The molecule has 1 saturated carbocycles. The molecule has 194 valence electrons. The van der Waals surface area contributed by atoms with Gasteiger partial charge in [0.15, 0.2) is 5.13 Å². The van der Waals surface area contributed by atoms with Crippen molar-refractivity contribution in [2.45, 2.75) is 70.7 Å². The number of hydrogen-bond donors (Lipinski definition) is 5. The molecule has 0 bridgehead atoms. The van der Waals surface area contributed by atoms with Gasteiger partial charge in [0.25, 0.3) is 0 Å². The first-order valence-electron chi connectivity index (χ1n) is 12.2. The van der Waals surface area contributed by atoms with Crippen LogP contribution in [-0.4, -0.2) is 71.9 Å². The monoisotopic (exact) mass is 514 g/mol. The molecule has 0 aliphatic heterocycles. The summed E-state index contributed by atoms with van der Waals surface area (Å²) in [5.41, 5.74) is 1.11. The Balaban J connectivity index is 1.46. The van der Waals surface area contributed by atoms with E-state index in [1.165, 1.54) is 16.2 Å². The number of fused-ring (bicyclic) bond motifs is 1. The van der Waals surface area contributed by atoms with Crippen LogP contribution in [0.15, 0.2) is 24.4 Å². The van der Waals surface area contributed by atoms with Gasteiger partial charge in [-0.15, -0.1) is 0 Å². The molecule has 3 aromatic heterocycles. The predicted molar refractivity (Wildman–Crippen MR) is 141 cm³/mol. The largest absolute Gasteiger partial charge is 0.465 e. The highest BCUT2D eigenvalue weighted by atomic mass is 32.1. The Hall–Kier alpha value is -3.09. The molecule has 11 nitrogen and oxygen atoms in total. The number of aromatic nitrogens is 4. The highest BCUT2D eigenvalue weighted by Gasteiger charge is 2.25. The number of aliphatic hydroxyl groups is 1. The van der Waals surface area contributed by atoms with Crippen molar-refractivity contribution in [2.75, 3.05) is 23.7 Å². The normalized spacial score (nSPS) is 18.2. The average Bonchev–Trinajstić information content (AvgIpc) is 3.21. The number of thiazole rings is 1. The predicted octanol–water partition coefficient (Wildman–Crippen LogP) is 3.81. The second-order valence-corrected chi connectivity index (χ2v) is 10.9. The molecule has 1 fully saturated rings. The summed E-state index contributed by atoms with van der Waals surface area (Å²) in [4.78, 5) is 32.1. The summed E-state index contributed by atoms with van der Waals surface area (Å²) in [7, 11) is 0. The number of carboxylic acid groups (broad SMARTS) is 1. The second kappa shape index (κ2) is 11.3. The Labute approximate surface area is 214 Å². The lowest BCUT2D eigenvalue weighted by molar-refractivity contribution is 0.101. The maximum Gasteiger partial charge on any atom is 0.407 e. The number of amides is 1. The van der Waals surface area contributed by atoms with Crippen molar-refractivity contribution in [2.24, 2.45) is 0 Å². The van der Waals surface area contributed by atoms with Crippen molar-refractivity contribution in [1.29, 1.82) is 0 Å². The molecule has 0 unspecified atom stereocenters. The third-order valence-electron chi connectivity index (χ3n) is 6.07.